The van der Waals surface area contributed by atoms with Crippen LogP contribution in [0, 0.1) is 0 Å². The molecule has 0 spiro atoms. The van der Waals surface area contributed by atoms with Crippen molar-refractivity contribution in [2.24, 2.45) is 0 Å². The summed E-state index contributed by atoms with van der Waals surface area (Å²) in [5.74, 6) is 0. The van der Waals surface area contributed by atoms with Crippen LogP contribution in [0.5, 0.6) is 0 Å². The summed E-state index contributed by atoms with van der Waals surface area (Å²) in [5.41, 5.74) is 0. The molecule has 1 saturated carbocycles. The summed E-state index contributed by atoms with van der Waals surface area (Å²) in [4.78, 5) is 0.596. The summed E-state index contributed by atoms with van der Waals surface area (Å²) in [6.45, 7) is 0.915. The standard InChI is InChI=1S/C7H12BrClN2/c8-4-1-5(9)7-6(2-4)10-3-11-7/h4-7,10-11H,1-3H2. The van der Waals surface area contributed by atoms with E-state index in [-0.39, 0.29) is 5.38 Å². The van der Waals surface area contributed by atoms with E-state index < -0.39 is 0 Å². The molecule has 0 aromatic rings. The lowest BCUT2D eigenvalue weighted by molar-refractivity contribution is 0.391. The highest BCUT2D eigenvalue weighted by molar-refractivity contribution is 9.09. The van der Waals surface area contributed by atoms with Crippen molar-refractivity contribution in [3.05, 3.63) is 0 Å². The number of hydrogen-bond acceptors (Lipinski definition) is 2. The van der Waals surface area contributed by atoms with Gasteiger partial charge in [0.05, 0.1) is 5.38 Å². The fourth-order valence-electron chi connectivity index (χ4n) is 1.95. The second-order valence-corrected chi connectivity index (χ2v) is 5.16. The highest BCUT2D eigenvalue weighted by Gasteiger charge is 2.38. The Morgan fingerprint density at radius 3 is 2.91 bits per heavy atom. The van der Waals surface area contributed by atoms with Crippen molar-refractivity contribution in [2.75, 3.05) is 6.67 Å². The molecule has 4 atom stereocenters. The van der Waals surface area contributed by atoms with Gasteiger partial charge >= 0.3 is 0 Å². The zero-order valence-electron chi connectivity index (χ0n) is 6.19. The van der Waals surface area contributed by atoms with Crippen LogP contribution in [-0.2, 0) is 0 Å². The molecule has 2 fully saturated rings. The summed E-state index contributed by atoms with van der Waals surface area (Å²) in [5, 5.41) is 7.04. The quantitative estimate of drug-likeness (QED) is 0.617. The highest BCUT2D eigenvalue weighted by atomic mass is 79.9. The Labute approximate surface area is 80.2 Å². The third kappa shape index (κ3) is 1.57. The van der Waals surface area contributed by atoms with Crippen molar-refractivity contribution >= 4 is 27.5 Å². The maximum atomic E-state index is 6.18. The fourth-order valence-corrected chi connectivity index (χ4v) is 3.45. The van der Waals surface area contributed by atoms with Gasteiger partial charge in [-0.25, -0.2) is 0 Å². The Morgan fingerprint density at radius 2 is 2.09 bits per heavy atom. The van der Waals surface area contributed by atoms with Crippen LogP contribution in [0.4, 0.5) is 0 Å². The molecule has 2 N–H and O–H groups in total. The second kappa shape index (κ2) is 3.21. The van der Waals surface area contributed by atoms with E-state index in [1.54, 1.807) is 0 Å². The summed E-state index contributed by atoms with van der Waals surface area (Å²) < 4.78 is 0. The van der Waals surface area contributed by atoms with Gasteiger partial charge in [-0.05, 0) is 12.8 Å². The van der Waals surface area contributed by atoms with Crippen LogP contribution in [0.3, 0.4) is 0 Å². The van der Waals surface area contributed by atoms with E-state index in [2.05, 4.69) is 26.6 Å². The number of alkyl halides is 2. The number of fused-ring (bicyclic) bond motifs is 1. The molecular weight excluding hydrogens is 227 g/mol. The van der Waals surface area contributed by atoms with Gasteiger partial charge in [-0.2, -0.15) is 0 Å². The average Bonchev–Trinajstić information content (AvgIpc) is 2.34. The lowest BCUT2D eigenvalue weighted by Crippen LogP contribution is -2.47. The van der Waals surface area contributed by atoms with Crippen LogP contribution in [-0.4, -0.2) is 29.0 Å². The highest BCUT2D eigenvalue weighted by Crippen LogP contribution is 2.30. The van der Waals surface area contributed by atoms with Crippen molar-refractivity contribution in [1.29, 1.82) is 0 Å². The first-order valence-electron chi connectivity index (χ1n) is 4.02. The maximum Gasteiger partial charge on any atom is 0.0515 e. The predicted octanol–water partition coefficient (Wildman–Crippen LogP) is 1.04. The Balaban J connectivity index is 2.04. The van der Waals surface area contributed by atoms with Gasteiger partial charge in [-0.3, -0.25) is 5.32 Å². The van der Waals surface area contributed by atoms with Gasteiger partial charge in [0.1, 0.15) is 0 Å². The Kier molecular flexibility index (Phi) is 2.42. The summed E-state index contributed by atoms with van der Waals surface area (Å²) >= 11 is 9.79. The summed E-state index contributed by atoms with van der Waals surface area (Å²) in [7, 11) is 0. The molecule has 2 nitrogen and oxygen atoms in total. The first kappa shape index (κ1) is 8.30. The summed E-state index contributed by atoms with van der Waals surface area (Å²) in [6, 6.07) is 1.07. The SMILES string of the molecule is ClC1CC(Br)CC2NCNC12. The third-order valence-electron chi connectivity index (χ3n) is 2.52. The van der Waals surface area contributed by atoms with E-state index in [4.69, 9.17) is 11.6 Å². The van der Waals surface area contributed by atoms with E-state index in [1.807, 2.05) is 0 Å². The third-order valence-corrected chi connectivity index (χ3v) is 3.71. The molecule has 2 rings (SSSR count). The largest absolute Gasteiger partial charge is 0.300 e. The Hall–Kier alpha value is 0.690. The van der Waals surface area contributed by atoms with Crippen molar-refractivity contribution in [3.63, 3.8) is 0 Å². The minimum atomic E-state index is 0.285. The van der Waals surface area contributed by atoms with Crippen LogP contribution >= 0.6 is 27.5 Å². The molecule has 0 aromatic carbocycles. The number of halogens is 2. The van der Waals surface area contributed by atoms with Crippen molar-refractivity contribution < 1.29 is 0 Å². The molecule has 0 amide bonds. The Morgan fingerprint density at radius 1 is 1.27 bits per heavy atom. The predicted molar refractivity (Wildman–Crippen MR) is 50.3 cm³/mol. The number of nitrogens with one attached hydrogen (secondary N) is 2. The van der Waals surface area contributed by atoms with E-state index >= 15 is 0 Å². The molecule has 0 aromatic heterocycles. The molecule has 4 unspecified atom stereocenters. The molecule has 0 radical (unpaired) electrons. The van der Waals surface area contributed by atoms with Crippen LogP contribution in [0.15, 0.2) is 0 Å². The van der Waals surface area contributed by atoms with Crippen molar-refractivity contribution in [2.45, 2.75) is 35.1 Å². The molecule has 4 heteroatoms. The van der Waals surface area contributed by atoms with Crippen LogP contribution < -0.4 is 10.6 Å². The normalized spacial score (nSPS) is 50.7. The van der Waals surface area contributed by atoms with Crippen LogP contribution in [0.2, 0.25) is 0 Å². The van der Waals surface area contributed by atoms with Gasteiger partial charge in [-0.1, -0.05) is 15.9 Å². The fraction of sp³-hybridized carbons (Fsp3) is 1.00. The van der Waals surface area contributed by atoms with Crippen LogP contribution in [0.1, 0.15) is 12.8 Å². The monoisotopic (exact) mass is 238 g/mol. The van der Waals surface area contributed by atoms with Gasteiger partial charge in [0.2, 0.25) is 0 Å². The first-order chi connectivity index (χ1) is 5.27. The van der Waals surface area contributed by atoms with Crippen LogP contribution in [0.25, 0.3) is 0 Å². The average molecular weight is 240 g/mol. The molecule has 0 bridgehead atoms. The molecule has 64 valence electrons. The second-order valence-electron chi connectivity index (χ2n) is 3.30. The molecule has 11 heavy (non-hydrogen) atoms. The smallest absolute Gasteiger partial charge is 0.0515 e. The minimum Gasteiger partial charge on any atom is -0.300 e. The molecule has 1 saturated heterocycles. The lowest BCUT2D eigenvalue weighted by Gasteiger charge is -2.32. The van der Waals surface area contributed by atoms with Gasteiger partial charge in [0, 0.05) is 23.6 Å². The van der Waals surface area contributed by atoms with E-state index in [9.17, 15) is 0 Å². The van der Waals surface area contributed by atoms with E-state index in [0.717, 1.165) is 13.1 Å². The van der Waals surface area contributed by atoms with Crippen molar-refractivity contribution in [3.8, 4) is 0 Å². The zero-order chi connectivity index (χ0) is 7.84. The zero-order valence-corrected chi connectivity index (χ0v) is 8.53. The maximum absolute atomic E-state index is 6.18. The van der Waals surface area contributed by atoms with E-state index in [0.29, 0.717) is 16.9 Å². The molecule has 2 aliphatic rings. The minimum absolute atomic E-state index is 0.285. The van der Waals surface area contributed by atoms with Crippen molar-refractivity contribution in [1.82, 2.24) is 10.6 Å². The molecule has 1 aliphatic heterocycles. The van der Waals surface area contributed by atoms with Gasteiger partial charge in [0.25, 0.3) is 0 Å². The van der Waals surface area contributed by atoms with Gasteiger partial charge in [-0.15, -0.1) is 11.6 Å². The number of rotatable bonds is 0. The van der Waals surface area contributed by atoms with Gasteiger partial charge in [0.15, 0.2) is 0 Å². The van der Waals surface area contributed by atoms with E-state index in [1.165, 1.54) is 6.42 Å². The molecule has 1 heterocycles. The molecule has 1 aliphatic carbocycles. The lowest BCUT2D eigenvalue weighted by atomic mass is 9.91. The topological polar surface area (TPSA) is 24.1 Å². The summed E-state index contributed by atoms with van der Waals surface area (Å²) in [6.07, 6.45) is 2.28. The molecular formula is C7H12BrClN2. The number of hydrogen-bond donors (Lipinski definition) is 2. The Bertz CT molecular complexity index is 155. The van der Waals surface area contributed by atoms with Gasteiger partial charge < -0.3 is 5.32 Å². The first-order valence-corrected chi connectivity index (χ1v) is 5.37.